The number of phenolic OH excluding ortho intramolecular Hbond substituents is 1. The Morgan fingerprint density at radius 2 is 2.13 bits per heavy atom. The Kier molecular flexibility index (Phi) is 3.10. The van der Waals surface area contributed by atoms with Crippen LogP contribution in [0.25, 0.3) is 0 Å². The molecule has 5 atom stereocenters. The summed E-state index contributed by atoms with van der Waals surface area (Å²) in [5.74, 6) is 2.54. The first-order chi connectivity index (χ1) is 11.0. The molecule has 3 heteroatoms. The van der Waals surface area contributed by atoms with Crippen molar-refractivity contribution in [3.05, 3.63) is 28.8 Å². The molecule has 3 aliphatic carbocycles. The van der Waals surface area contributed by atoms with E-state index in [-0.39, 0.29) is 11.2 Å². The molecule has 3 aliphatic rings. The molecule has 1 N–H and O–H groups in total. The van der Waals surface area contributed by atoms with Gasteiger partial charge in [0.05, 0.1) is 5.56 Å². The Morgan fingerprint density at radius 3 is 2.87 bits per heavy atom. The van der Waals surface area contributed by atoms with Crippen molar-refractivity contribution in [2.75, 3.05) is 0 Å². The highest BCUT2D eigenvalue weighted by atomic mass is 16.3. The first-order valence-electron chi connectivity index (χ1n) is 8.75. The lowest BCUT2D eigenvalue weighted by Crippen LogP contribution is -2.45. The van der Waals surface area contributed by atoms with Gasteiger partial charge in [-0.1, -0.05) is 13.8 Å². The van der Waals surface area contributed by atoms with E-state index >= 15 is 0 Å². The highest BCUT2D eigenvalue weighted by molar-refractivity contribution is 5.87. The van der Waals surface area contributed by atoms with E-state index < -0.39 is 0 Å². The number of nitriles is 1. The van der Waals surface area contributed by atoms with Crippen LogP contribution in [0, 0.1) is 34.5 Å². The first kappa shape index (κ1) is 14.8. The van der Waals surface area contributed by atoms with Gasteiger partial charge in [-0.3, -0.25) is 4.79 Å². The van der Waals surface area contributed by atoms with Crippen molar-refractivity contribution < 1.29 is 9.90 Å². The third kappa shape index (κ3) is 1.90. The van der Waals surface area contributed by atoms with E-state index in [1.807, 2.05) is 6.07 Å². The predicted octanol–water partition coefficient (Wildman–Crippen LogP) is 3.94. The van der Waals surface area contributed by atoms with Crippen LogP contribution in [0.3, 0.4) is 0 Å². The van der Waals surface area contributed by atoms with Gasteiger partial charge in [-0.05, 0) is 72.6 Å². The van der Waals surface area contributed by atoms with Crippen molar-refractivity contribution in [1.82, 2.24) is 0 Å². The van der Waals surface area contributed by atoms with E-state index in [1.165, 1.54) is 11.1 Å². The molecule has 2 fully saturated rings. The van der Waals surface area contributed by atoms with Gasteiger partial charge < -0.3 is 5.11 Å². The quantitative estimate of drug-likeness (QED) is 0.789. The number of hydrogen-bond donors (Lipinski definition) is 1. The van der Waals surface area contributed by atoms with Gasteiger partial charge in [-0.15, -0.1) is 0 Å². The molecule has 0 bridgehead atoms. The number of carbonyl (C=O) groups is 1. The Bertz CT molecular complexity index is 732. The van der Waals surface area contributed by atoms with E-state index in [1.54, 1.807) is 6.07 Å². The fourth-order valence-electron chi connectivity index (χ4n) is 5.87. The summed E-state index contributed by atoms with van der Waals surface area (Å²) in [6.07, 6.45) is 4.70. The molecule has 0 saturated heterocycles. The van der Waals surface area contributed by atoms with Crippen LogP contribution in [-0.4, -0.2) is 10.9 Å². The number of carbonyl (C=O) groups excluding carboxylic acids is 1. The number of Topliss-reactive ketones (excluding diaryl/α,β-unsaturated/α-hetero) is 1. The van der Waals surface area contributed by atoms with Gasteiger partial charge in [0.15, 0.2) is 0 Å². The molecule has 4 rings (SSSR count). The van der Waals surface area contributed by atoms with Crippen LogP contribution in [0.5, 0.6) is 5.75 Å². The van der Waals surface area contributed by atoms with Crippen molar-refractivity contribution in [3.63, 3.8) is 0 Å². The Morgan fingerprint density at radius 1 is 1.35 bits per heavy atom. The van der Waals surface area contributed by atoms with Crippen LogP contribution in [-0.2, 0) is 11.2 Å². The molecule has 3 unspecified atom stereocenters. The van der Waals surface area contributed by atoms with E-state index in [0.717, 1.165) is 32.1 Å². The summed E-state index contributed by atoms with van der Waals surface area (Å²) in [6, 6.07) is 5.82. The highest BCUT2D eigenvalue weighted by Gasteiger charge is 2.56. The fourth-order valence-corrected chi connectivity index (χ4v) is 5.87. The topological polar surface area (TPSA) is 61.1 Å². The molecule has 0 heterocycles. The average Bonchev–Trinajstić information content (AvgIpc) is 2.82. The van der Waals surface area contributed by atoms with Gasteiger partial charge in [0.1, 0.15) is 17.6 Å². The van der Waals surface area contributed by atoms with Crippen LogP contribution in [0.4, 0.5) is 0 Å². The van der Waals surface area contributed by atoms with Crippen molar-refractivity contribution in [2.45, 2.75) is 51.9 Å². The molecule has 0 spiro atoms. The average molecular weight is 309 g/mol. The summed E-state index contributed by atoms with van der Waals surface area (Å²) >= 11 is 0. The largest absolute Gasteiger partial charge is 0.507 e. The zero-order chi connectivity index (χ0) is 16.4. The number of fused-ring (bicyclic) bond motifs is 5. The second-order valence-corrected chi connectivity index (χ2v) is 8.07. The van der Waals surface area contributed by atoms with Crippen LogP contribution in [0.15, 0.2) is 12.1 Å². The van der Waals surface area contributed by atoms with E-state index in [2.05, 4.69) is 19.9 Å². The summed E-state index contributed by atoms with van der Waals surface area (Å²) < 4.78 is 0. The number of hydrogen-bond acceptors (Lipinski definition) is 3. The minimum atomic E-state index is -0.123. The number of rotatable bonds is 0. The predicted molar refractivity (Wildman–Crippen MR) is 87.0 cm³/mol. The SMILES string of the molecule is C[C@@H]1Cc2cc(O)c(C#N)cc2C2CC[C@]3(C)C(=O)CCC3C21. The zero-order valence-corrected chi connectivity index (χ0v) is 13.8. The number of nitrogens with zero attached hydrogens (tertiary/aromatic N) is 1. The molecule has 0 aromatic heterocycles. The molecule has 3 nitrogen and oxygen atoms in total. The standard InChI is InChI=1S/C20H23NO2/c1-11-7-12-9-17(22)13(10-21)8-15(12)14-5-6-20(2)16(19(11)14)3-4-18(20)23/h8-9,11,14,16,19,22H,3-7H2,1-2H3/t11-,14?,16?,19?,20+/m1/s1. The molecule has 1 aromatic rings. The van der Waals surface area contributed by atoms with Gasteiger partial charge in [-0.2, -0.15) is 5.26 Å². The fraction of sp³-hybridized carbons (Fsp3) is 0.600. The number of ketones is 1. The summed E-state index contributed by atoms with van der Waals surface area (Å²) in [5, 5.41) is 19.2. The lowest BCUT2D eigenvalue weighted by Gasteiger charge is -2.51. The van der Waals surface area contributed by atoms with E-state index in [9.17, 15) is 15.2 Å². The highest BCUT2D eigenvalue weighted by Crippen LogP contribution is 2.61. The molecular formula is C20H23NO2. The van der Waals surface area contributed by atoms with Gasteiger partial charge in [0, 0.05) is 11.8 Å². The van der Waals surface area contributed by atoms with Gasteiger partial charge >= 0.3 is 0 Å². The Hall–Kier alpha value is -1.82. The molecule has 1 aromatic carbocycles. The van der Waals surface area contributed by atoms with Crippen molar-refractivity contribution in [1.29, 1.82) is 5.26 Å². The first-order valence-corrected chi connectivity index (χ1v) is 8.75. The molecule has 120 valence electrons. The van der Waals surface area contributed by atoms with Gasteiger partial charge in [-0.25, -0.2) is 0 Å². The number of phenols is 1. The van der Waals surface area contributed by atoms with Crippen LogP contribution < -0.4 is 0 Å². The van der Waals surface area contributed by atoms with Crippen molar-refractivity contribution >= 4 is 5.78 Å². The molecular weight excluding hydrogens is 286 g/mol. The Labute approximate surface area is 137 Å². The molecule has 0 amide bonds. The third-order valence-corrected chi connectivity index (χ3v) is 7.02. The normalized spacial score (nSPS) is 38.4. The summed E-state index contributed by atoms with van der Waals surface area (Å²) in [6.45, 7) is 4.48. The summed E-state index contributed by atoms with van der Waals surface area (Å²) in [4.78, 5) is 12.4. The summed E-state index contributed by atoms with van der Waals surface area (Å²) in [7, 11) is 0. The van der Waals surface area contributed by atoms with Gasteiger partial charge in [0.25, 0.3) is 0 Å². The van der Waals surface area contributed by atoms with Crippen LogP contribution >= 0.6 is 0 Å². The number of benzene rings is 1. The minimum absolute atomic E-state index is 0.105. The smallest absolute Gasteiger partial charge is 0.139 e. The second-order valence-electron chi connectivity index (χ2n) is 8.07. The maximum absolute atomic E-state index is 12.4. The molecule has 0 radical (unpaired) electrons. The molecule has 0 aliphatic heterocycles. The molecule has 23 heavy (non-hydrogen) atoms. The monoisotopic (exact) mass is 309 g/mol. The van der Waals surface area contributed by atoms with Crippen LogP contribution in [0.1, 0.15) is 62.1 Å². The Balaban J connectivity index is 1.80. The number of aromatic hydroxyl groups is 1. The van der Waals surface area contributed by atoms with E-state index in [0.29, 0.717) is 35.0 Å². The maximum Gasteiger partial charge on any atom is 0.139 e. The third-order valence-electron chi connectivity index (χ3n) is 7.02. The van der Waals surface area contributed by atoms with Crippen LogP contribution in [0.2, 0.25) is 0 Å². The van der Waals surface area contributed by atoms with E-state index in [4.69, 9.17) is 0 Å². The lowest BCUT2D eigenvalue weighted by molar-refractivity contribution is -0.129. The molecule has 2 saturated carbocycles. The minimum Gasteiger partial charge on any atom is -0.507 e. The lowest BCUT2D eigenvalue weighted by atomic mass is 9.53. The zero-order valence-electron chi connectivity index (χ0n) is 13.8. The van der Waals surface area contributed by atoms with Crippen molar-refractivity contribution in [2.24, 2.45) is 23.2 Å². The van der Waals surface area contributed by atoms with Gasteiger partial charge in [0.2, 0.25) is 0 Å². The second kappa shape index (κ2) is 4.84. The van der Waals surface area contributed by atoms with Crippen molar-refractivity contribution in [3.8, 4) is 11.8 Å². The maximum atomic E-state index is 12.4. The summed E-state index contributed by atoms with van der Waals surface area (Å²) in [5.41, 5.74) is 2.71.